The molecule has 1 fully saturated rings. The zero-order valence-corrected chi connectivity index (χ0v) is 13.2. The van der Waals surface area contributed by atoms with Gasteiger partial charge in [-0.05, 0) is 38.0 Å². The first-order chi connectivity index (χ1) is 9.59. The molecule has 0 unspecified atom stereocenters. The molecule has 0 aromatic carbocycles. The molecule has 0 spiro atoms. The summed E-state index contributed by atoms with van der Waals surface area (Å²) in [6.45, 7) is 2.04. The third kappa shape index (κ3) is 5.04. The van der Waals surface area contributed by atoms with E-state index >= 15 is 0 Å². The normalized spacial score (nSPS) is 23.6. The van der Waals surface area contributed by atoms with Crippen molar-refractivity contribution >= 4 is 5.97 Å². The Morgan fingerprint density at radius 2 is 1.75 bits per heavy atom. The minimum Gasteiger partial charge on any atom is -0.469 e. The van der Waals surface area contributed by atoms with E-state index in [1.54, 1.807) is 14.2 Å². The number of esters is 1. The topological polar surface area (TPSA) is 56.8 Å². The van der Waals surface area contributed by atoms with Crippen molar-refractivity contribution in [3.63, 3.8) is 0 Å². The second-order valence-electron chi connectivity index (χ2n) is 5.49. The van der Waals surface area contributed by atoms with E-state index in [2.05, 4.69) is 10.1 Å². The summed E-state index contributed by atoms with van der Waals surface area (Å²) in [6.07, 6.45) is 6.72. The first kappa shape index (κ1) is 17.4. The number of nitrogens with one attached hydrogen (secondary N) is 1. The molecule has 0 aromatic heterocycles. The Labute approximate surface area is 122 Å². The predicted molar refractivity (Wildman–Crippen MR) is 77.2 cm³/mol. The van der Waals surface area contributed by atoms with Crippen LogP contribution in [-0.2, 0) is 19.0 Å². The molecule has 1 aliphatic rings. The van der Waals surface area contributed by atoms with Crippen molar-refractivity contribution in [2.75, 3.05) is 21.3 Å². The second-order valence-corrected chi connectivity index (χ2v) is 5.49. The van der Waals surface area contributed by atoms with E-state index in [4.69, 9.17) is 9.47 Å². The first-order valence-electron chi connectivity index (χ1n) is 7.54. The maximum absolute atomic E-state index is 11.2. The molecule has 5 heteroatoms. The van der Waals surface area contributed by atoms with Gasteiger partial charge in [0.2, 0.25) is 5.91 Å². The van der Waals surface area contributed by atoms with E-state index in [9.17, 15) is 4.79 Å². The van der Waals surface area contributed by atoms with Crippen LogP contribution in [0.3, 0.4) is 0 Å². The number of carbonyl (C=O) groups is 1. The maximum Gasteiger partial charge on any atom is 0.305 e. The minimum atomic E-state index is -0.663. The lowest BCUT2D eigenvalue weighted by Crippen LogP contribution is -2.53. The highest BCUT2D eigenvalue weighted by Crippen LogP contribution is 2.29. The van der Waals surface area contributed by atoms with Gasteiger partial charge < -0.3 is 14.2 Å². The summed E-state index contributed by atoms with van der Waals surface area (Å²) in [7, 11) is 4.78. The molecular formula is C15H29NO4. The van der Waals surface area contributed by atoms with Crippen LogP contribution in [0.2, 0.25) is 0 Å². The highest BCUT2D eigenvalue weighted by molar-refractivity contribution is 5.69. The number of methoxy groups -OCH3 is 3. The van der Waals surface area contributed by atoms with Crippen molar-refractivity contribution in [3.05, 3.63) is 0 Å². The van der Waals surface area contributed by atoms with Crippen molar-refractivity contribution in [2.24, 2.45) is 5.92 Å². The summed E-state index contributed by atoms with van der Waals surface area (Å²) in [5.41, 5.74) is 0. The molecule has 0 bridgehead atoms. The van der Waals surface area contributed by atoms with Gasteiger partial charge in [-0.25, -0.2) is 0 Å². The van der Waals surface area contributed by atoms with Crippen LogP contribution in [0.15, 0.2) is 0 Å². The zero-order valence-electron chi connectivity index (χ0n) is 13.2. The average molecular weight is 287 g/mol. The Morgan fingerprint density at radius 3 is 2.20 bits per heavy atom. The van der Waals surface area contributed by atoms with E-state index in [-0.39, 0.29) is 5.97 Å². The monoisotopic (exact) mass is 287 g/mol. The van der Waals surface area contributed by atoms with Crippen LogP contribution in [0.25, 0.3) is 0 Å². The molecule has 5 nitrogen and oxygen atoms in total. The molecule has 0 atom stereocenters. The van der Waals surface area contributed by atoms with Crippen LogP contribution < -0.4 is 5.32 Å². The molecule has 0 aliphatic heterocycles. The van der Waals surface area contributed by atoms with E-state index in [1.807, 2.05) is 6.92 Å². The van der Waals surface area contributed by atoms with E-state index in [0.717, 1.165) is 38.5 Å². The minimum absolute atomic E-state index is 0.103. The second kappa shape index (κ2) is 8.60. The van der Waals surface area contributed by atoms with Gasteiger partial charge in [0.05, 0.1) is 7.11 Å². The number of ether oxygens (including phenoxy) is 3. The van der Waals surface area contributed by atoms with Gasteiger partial charge in [0.25, 0.3) is 0 Å². The SMILES string of the molecule is CCC(NC1CCC(CCC(=O)OC)CC1)(OC)OC. The van der Waals surface area contributed by atoms with Gasteiger partial charge in [0.1, 0.15) is 0 Å². The van der Waals surface area contributed by atoms with Gasteiger partial charge in [-0.1, -0.05) is 6.92 Å². The molecule has 0 aromatic rings. The van der Waals surface area contributed by atoms with Crippen molar-refractivity contribution in [1.82, 2.24) is 5.32 Å². The van der Waals surface area contributed by atoms with E-state index < -0.39 is 5.91 Å². The summed E-state index contributed by atoms with van der Waals surface area (Å²) >= 11 is 0. The third-order valence-electron chi connectivity index (χ3n) is 4.38. The Hall–Kier alpha value is -0.650. The maximum atomic E-state index is 11.2. The van der Waals surface area contributed by atoms with Crippen LogP contribution in [0, 0.1) is 5.92 Å². The van der Waals surface area contributed by atoms with Crippen LogP contribution in [0.1, 0.15) is 51.9 Å². The van der Waals surface area contributed by atoms with Crippen molar-refractivity contribution < 1.29 is 19.0 Å². The predicted octanol–water partition coefficient (Wildman–Crippen LogP) is 2.44. The van der Waals surface area contributed by atoms with Crippen molar-refractivity contribution in [1.29, 1.82) is 0 Å². The van der Waals surface area contributed by atoms with Crippen molar-refractivity contribution in [2.45, 2.75) is 63.8 Å². The molecular weight excluding hydrogens is 258 g/mol. The lowest BCUT2D eigenvalue weighted by molar-refractivity contribution is -0.235. The number of carbonyl (C=O) groups excluding carboxylic acids is 1. The Kier molecular flexibility index (Phi) is 7.48. The summed E-state index contributed by atoms with van der Waals surface area (Å²) in [4.78, 5) is 11.2. The van der Waals surface area contributed by atoms with E-state index in [1.165, 1.54) is 7.11 Å². The molecule has 1 N–H and O–H groups in total. The number of rotatable bonds is 8. The number of hydrogen-bond acceptors (Lipinski definition) is 5. The van der Waals surface area contributed by atoms with Gasteiger partial charge >= 0.3 is 5.97 Å². The van der Waals surface area contributed by atoms with Crippen LogP contribution in [0.4, 0.5) is 0 Å². The molecule has 0 heterocycles. The van der Waals surface area contributed by atoms with Crippen LogP contribution >= 0.6 is 0 Å². The lowest BCUT2D eigenvalue weighted by Gasteiger charge is -2.37. The molecule has 20 heavy (non-hydrogen) atoms. The molecule has 0 saturated heterocycles. The molecule has 0 amide bonds. The van der Waals surface area contributed by atoms with Gasteiger partial charge in [0.15, 0.2) is 0 Å². The van der Waals surface area contributed by atoms with Gasteiger partial charge in [-0.15, -0.1) is 0 Å². The smallest absolute Gasteiger partial charge is 0.305 e. The number of hydrogen-bond donors (Lipinski definition) is 1. The summed E-state index contributed by atoms with van der Waals surface area (Å²) in [5.74, 6) is -0.133. The molecule has 1 rings (SSSR count). The van der Waals surface area contributed by atoms with Crippen LogP contribution in [-0.4, -0.2) is 39.3 Å². The van der Waals surface area contributed by atoms with E-state index in [0.29, 0.717) is 18.4 Å². The summed E-state index contributed by atoms with van der Waals surface area (Å²) < 4.78 is 15.6. The highest BCUT2D eigenvalue weighted by atomic mass is 16.7. The quantitative estimate of drug-likeness (QED) is 0.549. The van der Waals surface area contributed by atoms with Crippen molar-refractivity contribution in [3.8, 4) is 0 Å². The van der Waals surface area contributed by atoms with Gasteiger partial charge in [0, 0.05) is 33.1 Å². The highest BCUT2D eigenvalue weighted by Gasteiger charge is 2.32. The summed E-state index contributed by atoms with van der Waals surface area (Å²) in [6, 6.07) is 0.421. The largest absolute Gasteiger partial charge is 0.469 e. The van der Waals surface area contributed by atoms with Gasteiger partial charge in [-0.3, -0.25) is 10.1 Å². The molecule has 118 valence electrons. The Bertz CT molecular complexity index is 275. The summed E-state index contributed by atoms with van der Waals surface area (Å²) in [5, 5.41) is 3.48. The molecule has 0 radical (unpaired) electrons. The standard InChI is InChI=1S/C15H29NO4/c1-5-15(19-3,20-4)16-13-9-6-12(7-10-13)8-11-14(17)18-2/h12-13,16H,5-11H2,1-4H3. The third-order valence-corrected chi connectivity index (χ3v) is 4.38. The molecule has 1 saturated carbocycles. The Morgan fingerprint density at radius 1 is 1.15 bits per heavy atom. The van der Waals surface area contributed by atoms with Crippen LogP contribution in [0.5, 0.6) is 0 Å². The fourth-order valence-electron chi connectivity index (χ4n) is 2.92. The van der Waals surface area contributed by atoms with Gasteiger partial charge in [-0.2, -0.15) is 0 Å². The lowest BCUT2D eigenvalue weighted by atomic mass is 9.83. The fraction of sp³-hybridized carbons (Fsp3) is 0.933. The first-order valence-corrected chi connectivity index (χ1v) is 7.54. The zero-order chi connectivity index (χ0) is 15.0. The average Bonchev–Trinajstić information content (AvgIpc) is 2.51. The Balaban J connectivity index is 2.33. The fourth-order valence-corrected chi connectivity index (χ4v) is 2.92. The molecule has 1 aliphatic carbocycles.